The van der Waals surface area contributed by atoms with E-state index in [1.54, 1.807) is 0 Å². The number of hydrogen-bond donors (Lipinski definition) is 1. The second-order valence-corrected chi connectivity index (χ2v) is 7.90. The molecular weight excluding hydrogens is 308 g/mol. The zero-order valence-corrected chi connectivity index (χ0v) is 14.6. The van der Waals surface area contributed by atoms with Crippen LogP contribution in [0.5, 0.6) is 0 Å². The molecule has 0 amide bonds. The van der Waals surface area contributed by atoms with Crippen LogP contribution < -0.4 is 0 Å². The molecule has 0 fully saturated rings. The SMILES string of the molecule is CC1=C2C=C3C=CCCC(CSCC(=O)O)C3OCC2CCC1. The molecule has 1 N–H and O–H groups in total. The summed E-state index contributed by atoms with van der Waals surface area (Å²) >= 11 is 1.52. The fourth-order valence-corrected chi connectivity index (χ4v) is 4.89. The minimum atomic E-state index is -0.730. The predicted octanol–water partition coefficient (Wildman–Crippen LogP) is 4.21. The number of carboxylic acids is 1. The molecule has 0 saturated heterocycles. The summed E-state index contributed by atoms with van der Waals surface area (Å²) in [4.78, 5) is 10.8. The summed E-state index contributed by atoms with van der Waals surface area (Å²) in [5, 5.41) is 8.86. The number of allylic oxidation sites excluding steroid dienone is 3. The number of aliphatic carboxylic acids is 1. The Morgan fingerprint density at radius 1 is 1.43 bits per heavy atom. The second kappa shape index (κ2) is 7.71. The van der Waals surface area contributed by atoms with Crippen molar-refractivity contribution >= 4 is 17.7 Å². The van der Waals surface area contributed by atoms with E-state index in [1.807, 2.05) is 0 Å². The molecule has 1 aliphatic heterocycles. The second-order valence-electron chi connectivity index (χ2n) is 6.87. The highest BCUT2D eigenvalue weighted by Crippen LogP contribution is 2.38. The first-order valence-electron chi connectivity index (χ1n) is 8.64. The average Bonchev–Trinajstić information content (AvgIpc) is 2.81. The van der Waals surface area contributed by atoms with E-state index in [4.69, 9.17) is 9.84 Å². The van der Waals surface area contributed by atoms with Gasteiger partial charge in [0.25, 0.3) is 0 Å². The van der Waals surface area contributed by atoms with Crippen molar-refractivity contribution < 1.29 is 14.6 Å². The number of carbonyl (C=O) groups is 1. The van der Waals surface area contributed by atoms with Crippen LogP contribution in [0.4, 0.5) is 0 Å². The van der Waals surface area contributed by atoms with Gasteiger partial charge in [0.05, 0.1) is 18.5 Å². The Morgan fingerprint density at radius 2 is 2.30 bits per heavy atom. The van der Waals surface area contributed by atoms with Crippen LogP contribution in [0, 0.1) is 11.8 Å². The van der Waals surface area contributed by atoms with Gasteiger partial charge in [0.2, 0.25) is 0 Å². The van der Waals surface area contributed by atoms with Crippen molar-refractivity contribution in [3.05, 3.63) is 34.9 Å². The quantitative estimate of drug-likeness (QED) is 0.836. The normalized spacial score (nSPS) is 30.8. The van der Waals surface area contributed by atoms with Gasteiger partial charge in [-0.1, -0.05) is 23.8 Å². The van der Waals surface area contributed by atoms with Crippen LogP contribution in [0.3, 0.4) is 0 Å². The molecule has 126 valence electrons. The topological polar surface area (TPSA) is 46.5 Å². The van der Waals surface area contributed by atoms with Crippen molar-refractivity contribution in [2.24, 2.45) is 11.8 Å². The van der Waals surface area contributed by atoms with Crippen molar-refractivity contribution in [1.29, 1.82) is 0 Å². The highest BCUT2D eigenvalue weighted by Gasteiger charge is 2.32. The van der Waals surface area contributed by atoms with E-state index in [9.17, 15) is 4.79 Å². The van der Waals surface area contributed by atoms with Gasteiger partial charge in [-0.05, 0) is 61.8 Å². The summed E-state index contributed by atoms with van der Waals surface area (Å²) in [5.74, 6) is 1.26. The summed E-state index contributed by atoms with van der Waals surface area (Å²) in [5.41, 5.74) is 4.31. The molecule has 0 radical (unpaired) electrons. The van der Waals surface area contributed by atoms with E-state index in [0.29, 0.717) is 11.8 Å². The number of hydrogen-bond acceptors (Lipinski definition) is 3. The van der Waals surface area contributed by atoms with Gasteiger partial charge >= 0.3 is 5.97 Å². The maximum atomic E-state index is 10.8. The molecule has 3 unspecified atom stereocenters. The molecule has 0 aromatic heterocycles. The Morgan fingerprint density at radius 3 is 3.13 bits per heavy atom. The zero-order chi connectivity index (χ0) is 16.2. The van der Waals surface area contributed by atoms with E-state index in [-0.39, 0.29) is 11.9 Å². The molecule has 0 spiro atoms. The maximum absolute atomic E-state index is 10.8. The molecule has 4 heteroatoms. The van der Waals surface area contributed by atoms with Crippen LogP contribution in [0.1, 0.15) is 39.0 Å². The standard InChI is InChI=1S/C19H26O3S/c1-13-5-4-8-15-10-22-19-14(9-17(13)15)6-2-3-7-16(19)11-23-12-18(20)21/h2,6,9,15-16,19H,3-5,7-8,10-12H2,1H3,(H,20,21). The number of rotatable bonds is 4. The van der Waals surface area contributed by atoms with Crippen molar-refractivity contribution in [3.63, 3.8) is 0 Å². The van der Waals surface area contributed by atoms with Crippen molar-refractivity contribution in [2.45, 2.75) is 45.1 Å². The summed E-state index contributed by atoms with van der Waals surface area (Å²) in [6, 6.07) is 0. The molecule has 3 atom stereocenters. The Balaban J connectivity index is 1.80. The molecule has 23 heavy (non-hydrogen) atoms. The van der Waals surface area contributed by atoms with Gasteiger partial charge in [-0.3, -0.25) is 4.79 Å². The van der Waals surface area contributed by atoms with Crippen LogP contribution in [-0.2, 0) is 9.53 Å². The van der Waals surface area contributed by atoms with Crippen LogP contribution in [0.2, 0.25) is 0 Å². The van der Waals surface area contributed by atoms with Crippen molar-refractivity contribution in [1.82, 2.24) is 0 Å². The first kappa shape index (κ1) is 16.8. The summed E-state index contributed by atoms with van der Waals surface area (Å²) in [6.45, 7) is 3.07. The van der Waals surface area contributed by atoms with Gasteiger partial charge in [0.15, 0.2) is 0 Å². The fourth-order valence-electron chi connectivity index (χ4n) is 3.95. The third-order valence-electron chi connectivity index (χ3n) is 5.16. The highest BCUT2D eigenvalue weighted by molar-refractivity contribution is 7.99. The average molecular weight is 334 g/mol. The molecule has 0 aromatic rings. The molecule has 3 aliphatic rings. The monoisotopic (exact) mass is 334 g/mol. The third kappa shape index (κ3) is 4.10. The maximum Gasteiger partial charge on any atom is 0.313 e. The molecule has 3 rings (SSSR count). The fraction of sp³-hybridized carbons (Fsp3) is 0.632. The van der Waals surface area contributed by atoms with Crippen LogP contribution >= 0.6 is 11.8 Å². The Kier molecular flexibility index (Phi) is 5.65. The lowest BCUT2D eigenvalue weighted by Gasteiger charge is -2.27. The number of fused-ring (bicyclic) bond motifs is 2. The first-order chi connectivity index (χ1) is 11.1. The number of carboxylic acid groups (broad SMARTS) is 1. The smallest absolute Gasteiger partial charge is 0.313 e. The van der Waals surface area contributed by atoms with Crippen molar-refractivity contribution in [3.8, 4) is 0 Å². The Labute approximate surface area is 142 Å². The van der Waals surface area contributed by atoms with Gasteiger partial charge < -0.3 is 9.84 Å². The summed E-state index contributed by atoms with van der Waals surface area (Å²) in [6.07, 6.45) is 12.8. The Bertz CT molecular complexity index is 547. The highest BCUT2D eigenvalue weighted by atomic mass is 32.2. The summed E-state index contributed by atoms with van der Waals surface area (Å²) in [7, 11) is 0. The lowest BCUT2D eigenvalue weighted by molar-refractivity contribution is -0.133. The van der Waals surface area contributed by atoms with E-state index in [2.05, 4.69) is 25.2 Å². The summed E-state index contributed by atoms with van der Waals surface area (Å²) < 4.78 is 6.36. The number of thioether (sulfide) groups is 1. The lowest BCUT2D eigenvalue weighted by atomic mass is 9.83. The molecule has 3 nitrogen and oxygen atoms in total. The minimum absolute atomic E-state index is 0.126. The van der Waals surface area contributed by atoms with Gasteiger partial charge in [-0.15, -0.1) is 11.8 Å². The molecule has 2 aliphatic carbocycles. The molecule has 0 aromatic carbocycles. The van der Waals surface area contributed by atoms with Crippen LogP contribution in [0.25, 0.3) is 0 Å². The molecule has 1 heterocycles. The molecule has 0 saturated carbocycles. The largest absolute Gasteiger partial charge is 0.481 e. The van der Waals surface area contributed by atoms with Crippen LogP contribution in [-0.4, -0.2) is 35.3 Å². The van der Waals surface area contributed by atoms with Gasteiger partial charge in [0.1, 0.15) is 0 Å². The zero-order valence-electron chi connectivity index (χ0n) is 13.8. The minimum Gasteiger partial charge on any atom is -0.481 e. The first-order valence-corrected chi connectivity index (χ1v) is 9.79. The predicted molar refractivity (Wildman–Crippen MR) is 94.7 cm³/mol. The van der Waals surface area contributed by atoms with E-state index in [0.717, 1.165) is 25.2 Å². The van der Waals surface area contributed by atoms with Crippen molar-refractivity contribution in [2.75, 3.05) is 18.1 Å². The van der Waals surface area contributed by atoms with E-state index >= 15 is 0 Å². The third-order valence-corrected chi connectivity index (χ3v) is 6.28. The lowest BCUT2D eigenvalue weighted by Crippen LogP contribution is -2.28. The van der Waals surface area contributed by atoms with Gasteiger partial charge in [-0.25, -0.2) is 0 Å². The van der Waals surface area contributed by atoms with E-state index < -0.39 is 5.97 Å². The molecule has 0 bridgehead atoms. The Hall–Kier alpha value is -1.00. The van der Waals surface area contributed by atoms with Crippen LogP contribution in [0.15, 0.2) is 34.9 Å². The van der Waals surface area contributed by atoms with E-state index in [1.165, 1.54) is 47.7 Å². The van der Waals surface area contributed by atoms with Gasteiger partial charge in [0, 0.05) is 5.92 Å². The van der Waals surface area contributed by atoms with Gasteiger partial charge in [-0.2, -0.15) is 0 Å². The number of ether oxygens (including phenoxy) is 1. The molecular formula is C19H26O3S.